The number of aryl methyl sites for hydroxylation is 1. The van der Waals surface area contributed by atoms with Crippen molar-refractivity contribution in [1.29, 1.82) is 0 Å². The number of carboxylic acid groups (broad SMARTS) is 1. The third kappa shape index (κ3) is 3.23. The fourth-order valence-corrected chi connectivity index (χ4v) is 3.31. The van der Waals surface area contributed by atoms with E-state index in [0.717, 1.165) is 9.88 Å². The second-order valence-electron chi connectivity index (χ2n) is 4.36. The van der Waals surface area contributed by atoms with Gasteiger partial charge in [0.2, 0.25) is 0 Å². The molecule has 1 amide bonds. The van der Waals surface area contributed by atoms with Crippen LogP contribution in [0.2, 0.25) is 0 Å². The number of hydrogen-bond donors (Lipinski definition) is 2. The van der Waals surface area contributed by atoms with Gasteiger partial charge in [-0.15, -0.1) is 22.7 Å². The summed E-state index contributed by atoms with van der Waals surface area (Å²) in [4.78, 5) is 28.7. The Morgan fingerprint density at radius 1 is 1.50 bits per heavy atom. The predicted octanol–water partition coefficient (Wildman–Crippen LogP) is 2.63. The molecule has 0 aliphatic heterocycles. The molecule has 106 valence electrons. The summed E-state index contributed by atoms with van der Waals surface area (Å²) in [5.41, 5.74) is 0.666. The highest BCUT2D eigenvalue weighted by Gasteiger charge is 2.18. The molecule has 0 saturated heterocycles. The van der Waals surface area contributed by atoms with E-state index >= 15 is 0 Å². The van der Waals surface area contributed by atoms with E-state index < -0.39 is 11.9 Å². The molecule has 5 nitrogen and oxygen atoms in total. The van der Waals surface area contributed by atoms with Crippen molar-refractivity contribution in [1.82, 2.24) is 10.3 Å². The Morgan fingerprint density at radius 3 is 2.85 bits per heavy atom. The molecule has 0 spiro atoms. The van der Waals surface area contributed by atoms with Crippen LogP contribution in [-0.2, 0) is 4.79 Å². The molecule has 0 aromatic carbocycles. The van der Waals surface area contributed by atoms with Gasteiger partial charge in [0.15, 0.2) is 0 Å². The Bertz CT molecular complexity index is 620. The van der Waals surface area contributed by atoms with Crippen LogP contribution in [0.4, 0.5) is 0 Å². The van der Waals surface area contributed by atoms with Crippen molar-refractivity contribution in [2.45, 2.75) is 13.8 Å². The molecule has 2 N–H and O–H groups in total. The van der Waals surface area contributed by atoms with Crippen molar-refractivity contribution in [3.05, 3.63) is 28.1 Å². The zero-order valence-electron chi connectivity index (χ0n) is 11.0. The van der Waals surface area contributed by atoms with Gasteiger partial charge < -0.3 is 10.4 Å². The van der Waals surface area contributed by atoms with E-state index in [0.29, 0.717) is 10.6 Å². The molecule has 20 heavy (non-hydrogen) atoms. The fraction of sp³-hybridized carbons (Fsp3) is 0.308. The van der Waals surface area contributed by atoms with Crippen molar-refractivity contribution in [3.63, 3.8) is 0 Å². The summed E-state index contributed by atoms with van der Waals surface area (Å²) < 4.78 is 0. The van der Waals surface area contributed by atoms with Gasteiger partial charge >= 0.3 is 5.97 Å². The first-order valence-electron chi connectivity index (χ1n) is 6.01. The number of rotatable bonds is 5. The van der Waals surface area contributed by atoms with Crippen LogP contribution < -0.4 is 5.32 Å². The second kappa shape index (κ2) is 6.15. The SMILES string of the molecule is Cc1nc(-c2cccs2)sc1C(=O)NCC(C)C(=O)O. The number of thiazole rings is 1. The summed E-state index contributed by atoms with van der Waals surface area (Å²) in [7, 11) is 0. The van der Waals surface area contributed by atoms with E-state index in [9.17, 15) is 9.59 Å². The maximum absolute atomic E-state index is 12.0. The first kappa shape index (κ1) is 14.7. The number of nitrogens with zero attached hydrogens (tertiary/aromatic N) is 1. The van der Waals surface area contributed by atoms with E-state index in [1.54, 1.807) is 25.2 Å². The third-order valence-corrected chi connectivity index (χ3v) is 4.92. The normalized spacial score (nSPS) is 12.1. The van der Waals surface area contributed by atoms with Gasteiger partial charge in [-0.1, -0.05) is 13.0 Å². The highest BCUT2D eigenvalue weighted by molar-refractivity contribution is 7.22. The quantitative estimate of drug-likeness (QED) is 0.889. The van der Waals surface area contributed by atoms with Gasteiger partial charge in [0.1, 0.15) is 9.88 Å². The monoisotopic (exact) mass is 310 g/mol. The van der Waals surface area contributed by atoms with Gasteiger partial charge in [0, 0.05) is 6.54 Å². The number of carbonyl (C=O) groups is 2. The summed E-state index contributed by atoms with van der Waals surface area (Å²) in [5.74, 6) is -1.80. The molecule has 1 unspecified atom stereocenters. The average molecular weight is 310 g/mol. The van der Waals surface area contributed by atoms with Crippen LogP contribution >= 0.6 is 22.7 Å². The highest BCUT2D eigenvalue weighted by Crippen LogP contribution is 2.30. The molecular formula is C13H14N2O3S2. The molecule has 0 saturated carbocycles. The zero-order valence-corrected chi connectivity index (χ0v) is 12.7. The molecule has 0 bridgehead atoms. The summed E-state index contributed by atoms with van der Waals surface area (Å²) >= 11 is 2.90. The van der Waals surface area contributed by atoms with Crippen LogP contribution in [0.3, 0.4) is 0 Å². The van der Waals surface area contributed by atoms with E-state index in [-0.39, 0.29) is 12.5 Å². The number of hydrogen-bond acceptors (Lipinski definition) is 5. The van der Waals surface area contributed by atoms with Gasteiger partial charge in [-0.25, -0.2) is 4.98 Å². The Balaban J connectivity index is 2.09. The topological polar surface area (TPSA) is 79.3 Å². The first-order valence-corrected chi connectivity index (χ1v) is 7.71. The molecule has 7 heteroatoms. The van der Waals surface area contributed by atoms with E-state index in [2.05, 4.69) is 10.3 Å². The first-order chi connectivity index (χ1) is 9.49. The van der Waals surface area contributed by atoms with Gasteiger partial charge in [-0.2, -0.15) is 0 Å². The lowest BCUT2D eigenvalue weighted by molar-refractivity contribution is -0.140. The maximum atomic E-state index is 12.0. The van der Waals surface area contributed by atoms with E-state index in [1.807, 2.05) is 17.5 Å². The minimum Gasteiger partial charge on any atom is -0.481 e. The lowest BCUT2D eigenvalue weighted by Gasteiger charge is -2.07. The van der Waals surface area contributed by atoms with Gasteiger partial charge in [0.05, 0.1) is 16.5 Å². The minimum absolute atomic E-state index is 0.111. The largest absolute Gasteiger partial charge is 0.481 e. The number of thiophene rings is 1. The van der Waals surface area contributed by atoms with Gasteiger partial charge in [-0.3, -0.25) is 9.59 Å². The minimum atomic E-state index is -0.925. The summed E-state index contributed by atoms with van der Waals surface area (Å²) in [6.07, 6.45) is 0. The van der Waals surface area contributed by atoms with Crippen molar-refractivity contribution in [2.24, 2.45) is 5.92 Å². The summed E-state index contributed by atoms with van der Waals surface area (Å²) in [6, 6.07) is 3.89. The van der Waals surface area contributed by atoms with E-state index in [4.69, 9.17) is 5.11 Å². The molecule has 2 heterocycles. The molecule has 2 rings (SSSR count). The molecule has 0 fully saturated rings. The fourth-order valence-electron chi connectivity index (χ4n) is 1.53. The molecule has 0 aliphatic carbocycles. The standard InChI is InChI=1S/C13H14N2O3S2/c1-7(13(17)18)6-14-11(16)10-8(2)15-12(20-10)9-4-3-5-19-9/h3-5,7H,6H2,1-2H3,(H,14,16)(H,17,18). The van der Waals surface area contributed by atoms with E-state index in [1.165, 1.54) is 11.3 Å². The number of aromatic nitrogens is 1. The van der Waals surface area contributed by atoms with Crippen LogP contribution in [-0.4, -0.2) is 28.5 Å². The van der Waals surface area contributed by atoms with Crippen LogP contribution in [0.25, 0.3) is 9.88 Å². The van der Waals surface area contributed by atoms with Gasteiger partial charge in [0.25, 0.3) is 5.91 Å². The summed E-state index contributed by atoms with van der Waals surface area (Å²) in [5, 5.41) is 14.2. The Kier molecular flexibility index (Phi) is 4.51. The van der Waals surface area contributed by atoms with Crippen molar-refractivity contribution in [2.75, 3.05) is 6.54 Å². The Morgan fingerprint density at radius 2 is 2.25 bits per heavy atom. The third-order valence-electron chi connectivity index (χ3n) is 2.73. The predicted molar refractivity (Wildman–Crippen MR) is 79.3 cm³/mol. The Labute approximate surface area is 124 Å². The maximum Gasteiger partial charge on any atom is 0.308 e. The van der Waals surface area contributed by atoms with Crippen LogP contribution in [0, 0.1) is 12.8 Å². The van der Waals surface area contributed by atoms with Crippen LogP contribution in [0.5, 0.6) is 0 Å². The van der Waals surface area contributed by atoms with Crippen LogP contribution in [0.1, 0.15) is 22.3 Å². The molecule has 0 radical (unpaired) electrons. The van der Waals surface area contributed by atoms with Crippen molar-refractivity contribution >= 4 is 34.6 Å². The number of aliphatic carboxylic acids is 1. The highest BCUT2D eigenvalue weighted by atomic mass is 32.1. The lowest BCUT2D eigenvalue weighted by Crippen LogP contribution is -2.31. The number of carboxylic acids is 1. The Hall–Kier alpha value is -1.73. The number of amides is 1. The van der Waals surface area contributed by atoms with Crippen molar-refractivity contribution in [3.8, 4) is 9.88 Å². The average Bonchev–Trinajstić information content (AvgIpc) is 3.04. The molecule has 2 aromatic heterocycles. The van der Waals surface area contributed by atoms with Crippen LogP contribution in [0.15, 0.2) is 17.5 Å². The lowest BCUT2D eigenvalue weighted by atomic mass is 10.2. The molecule has 0 aliphatic rings. The smallest absolute Gasteiger partial charge is 0.308 e. The molecule has 1 atom stereocenters. The van der Waals surface area contributed by atoms with Gasteiger partial charge in [-0.05, 0) is 18.4 Å². The van der Waals surface area contributed by atoms with Crippen molar-refractivity contribution < 1.29 is 14.7 Å². The second-order valence-corrected chi connectivity index (χ2v) is 6.31. The summed E-state index contributed by atoms with van der Waals surface area (Å²) in [6.45, 7) is 3.45. The molecular weight excluding hydrogens is 296 g/mol. The number of carbonyl (C=O) groups excluding carboxylic acids is 1. The number of nitrogens with one attached hydrogen (secondary N) is 1. The molecule has 2 aromatic rings. The zero-order chi connectivity index (χ0) is 14.7.